The third kappa shape index (κ3) is 3.13. The van der Waals surface area contributed by atoms with Gasteiger partial charge in [-0.3, -0.25) is 9.59 Å². The number of hydrogen-bond acceptors (Lipinski definition) is 3. The van der Waals surface area contributed by atoms with Gasteiger partial charge in [-0.15, -0.1) is 0 Å². The Kier molecular flexibility index (Phi) is 5.13. The Morgan fingerprint density at radius 2 is 1.79 bits per heavy atom. The van der Waals surface area contributed by atoms with Gasteiger partial charge in [0.15, 0.2) is 0 Å². The number of ether oxygens (including phenoxy) is 1. The lowest BCUT2D eigenvalue weighted by Crippen LogP contribution is -2.38. The van der Waals surface area contributed by atoms with Gasteiger partial charge >= 0.3 is 5.97 Å². The average molecular weight is 383 g/mol. The first-order valence-electron chi connectivity index (χ1n) is 9.89. The van der Waals surface area contributed by atoms with Crippen LogP contribution in [0.3, 0.4) is 0 Å². The van der Waals surface area contributed by atoms with Gasteiger partial charge in [0.05, 0.1) is 18.4 Å². The molecule has 5 nitrogen and oxygen atoms in total. The van der Waals surface area contributed by atoms with E-state index in [0.29, 0.717) is 19.4 Å². The summed E-state index contributed by atoms with van der Waals surface area (Å²) in [6, 6.07) is 10.1. The molecule has 0 saturated heterocycles. The van der Waals surface area contributed by atoms with Crippen molar-refractivity contribution in [2.45, 2.75) is 64.7 Å². The summed E-state index contributed by atoms with van der Waals surface area (Å²) in [5.74, 6) is -0.547. The summed E-state index contributed by atoms with van der Waals surface area (Å²) in [4.78, 5) is 24.6. The van der Waals surface area contributed by atoms with Gasteiger partial charge in [-0.2, -0.15) is 0 Å². The molecule has 0 fully saturated rings. The van der Waals surface area contributed by atoms with Gasteiger partial charge in [-0.25, -0.2) is 0 Å². The van der Waals surface area contributed by atoms with E-state index in [2.05, 4.69) is 25.3 Å². The van der Waals surface area contributed by atoms with E-state index in [1.54, 1.807) is 6.92 Å². The number of primary amides is 1. The second-order valence-electron chi connectivity index (χ2n) is 8.52. The fourth-order valence-electron chi connectivity index (χ4n) is 5.06. The molecule has 1 aromatic carbocycles. The highest BCUT2D eigenvalue weighted by molar-refractivity contribution is 5.89. The van der Waals surface area contributed by atoms with Crippen LogP contribution in [0, 0.1) is 6.92 Å². The molecule has 150 valence electrons. The van der Waals surface area contributed by atoms with Crippen molar-refractivity contribution in [2.24, 2.45) is 5.73 Å². The average Bonchev–Trinajstić information content (AvgIpc) is 3.05. The van der Waals surface area contributed by atoms with Crippen molar-refractivity contribution < 1.29 is 14.3 Å². The minimum absolute atomic E-state index is 0.179. The Balaban J connectivity index is 2.24. The zero-order chi connectivity index (χ0) is 20.7. The van der Waals surface area contributed by atoms with Gasteiger partial charge in [0, 0.05) is 17.1 Å². The first kappa shape index (κ1) is 20.2. The minimum atomic E-state index is -0.756. The van der Waals surface area contributed by atoms with Crippen molar-refractivity contribution in [3.8, 4) is 5.69 Å². The molecule has 0 radical (unpaired) electrons. The fourth-order valence-corrected chi connectivity index (χ4v) is 5.06. The van der Waals surface area contributed by atoms with E-state index in [4.69, 9.17) is 10.5 Å². The third-order valence-electron chi connectivity index (χ3n) is 5.96. The van der Waals surface area contributed by atoms with Crippen molar-refractivity contribution in [3.05, 3.63) is 52.8 Å². The maximum atomic E-state index is 12.5. The van der Waals surface area contributed by atoms with E-state index >= 15 is 0 Å². The summed E-state index contributed by atoms with van der Waals surface area (Å²) < 4.78 is 7.32. The standard InChI is InChI=1S/C23H30N2O3/c1-6-28-18(26)13-12-17-20-19(22(3,4)14-23(20,5)21(24)27)15(2)25(17)16-10-8-7-9-11-16/h7-11H,6,12-14H2,1-5H3,(H2,24,27). The van der Waals surface area contributed by atoms with Crippen LogP contribution in [0.4, 0.5) is 0 Å². The third-order valence-corrected chi connectivity index (χ3v) is 5.96. The monoisotopic (exact) mass is 382 g/mol. The van der Waals surface area contributed by atoms with E-state index in [9.17, 15) is 9.59 Å². The van der Waals surface area contributed by atoms with Crippen molar-refractivity contribution in [1.82, 2.24) is 4.57 Å². The van der Waals surface area contributed by atoms with Crippen molar-refractivity contribution in [1.29, 1.82) is 0 Å². The van der Waals surface area contributed by atoms with E-state index in [1.165, 1.54) is 5.56 Å². The molecule has 1 aromatic heterocycles. The summed E-state index contributed by atoms with van der Waals surface area (Å²) in [5.41, 5.74) is 10.3. The number of nitrogens with two attached hydrogens (primary N) is 1. The minimum Gasteiger partial charge on any atom is -0.466 e. The highest BCUT2D eigenvalue weighted by atomic mass is 16.5. The molecule has 1 unspecified atom stereocenters. The number of fused-ring (bicyclic) bond motifs is 1. The number of carbonyl (C=O) groups is 2. The molecule has 1 atom stereocenters. The van der Waals surface area contributed by atoms with Crippen LogP contribution in [0.15, 0.2) is 30.3 Å². The van der Waals surface area contributed by atoms with Crippen LogP contribution in [0.25, 0.3) is 5.69 Å². The number of nitrogens with zero attached hydrogens (tertiary/aromatic N) is 1. The highest BCUT2D eigenvalue weighted by Crippen LogP contribution is 2.53. The van der Waals surface area contributed by atoms with Crippen LogP contribution in [0.5, 0.6) is 0 Å². The number of benzene rings is 1. The zero-order valence-corrected chi connectivity index (χ0v) is 17.5. The molecule has 2 aromatic rings. The number of rotatable bonds is 6. The quantitative estimate of drug-likeness (QED) is 0.774. The van der Waals surface area contributed by atoms with E-state index < -0.39 is 5.41 Å². The van der Waals surface area contributed by atoms with Gasteiger partial charge < -0.3 is 15.0 Å². The normalized spacial score (nSPS) is 20.0. The number of carbonyl (C=O) groups excluding carboxylic acids is 2. The Labute approximate surface area is 166 Å². The van der Waals surface area contributed by atoms with E-state index in [0.717, 1.165) is 22.6 Å². The van der Waals surface area contributed by atoms with Gasteiger partial charge in [0.25, 0.3) is 0 Å². The first-order valence-corrected chi connectivity index (χ1v) is 9.89. The number of aromatic nitrogens is 1. The Morgan fingerprint density at radius 1 is 1.14 bits per heavy atom. The smallest absolute Gasteiger partial charge is 0.306 e. The number of esters is 1. The van der Waals surface area contributed by atoms with Crippen LogP contribution in [0.1, 0.15) is 63.1 Å². The number of amides is 1. The number of para-hydroxylation sites is 1. The SMILES string of the molecule is CCOC(=O)CCc1c2c(c(C)n1-c1ccccc1)C(C)(C)CC2(C)C(N)=O. The zero-order valence-electron chi connectivity index (χ0n) is 17.5. The van der Waals surface area contributed by atoms with Crippen LogP contribution >= 0.6 is 0 Å². The maximum Gasteiger partial charge on any atom is 0.306 e. The van der Waals surface area contributed by atoms with E-state index in [1.807, 2.05) is 37.3 Å². The van der Waals surface area contributed by atoms with Crippen LogP contribution in [-0.2, 0) is 31.6 Å². The molecule has 0 spiro atoms. The summed E-state index contributed by atoms with van der Waals surface area (Å²) in [5, 5.41) is 0. The Bertz CT molecular complexity index is 912. The fraction of sp³-hybridized carbons (Fsp3) is 0.478. The predicted molar refractivity (Wildman–Crippen MR) is 110 cm³/mol. The molecule has 28 heavy (non-hydrogen) atoms. The summed E-state index contributed by atoms with van der Waals surface area (Å²) in [6.45, 7) is 10.5. The molecule has 1 aliphatic carbocycles. The second kappa shape index (κ2) is 7.12. The molecule has 3 rings (SSSR count). The van der Waals surface area contributed by atoms with Crippen LogP contribution < -0.4 is 5.73 Å². The maximum absolute atomic E-state index is 12.5. The molecule has 0 saturated carbocycles. The summed E-state index contributed by atoms with van der Waals surface area (Å²) in [7, 11) is 0. The van der Waals surface area contributed by atoms with Gasteiger partial charge in [0.2, 0.25) is 5.91 Å². The topological polar surface area (TPSA) is 74.3 Å². The van der Waals surface area contributed by atoms with Gasteiger partial charge in [-0.1, -0.05) is 32.0 Å². The summed E-state index contributed by atoms with van der Waals surface area (Å²) in [6.07, 6.45) is 1.44. The van der Waals surface area contributed by atoms with Gasteiger partial charge in [-0.05, 0) is 62.3 Å². The van der Waals surface area contributed by atoms with Crippen LogP contribution in [0.2, 0.25) is 0 Å². The molecule has 1 aliphatic rings. The lowest BCUT2D eigenvalue weighted by atomic mass is 9.78. The molecule has 1 amide bonds. The molecular weight excluding hydrogens is 352 g/mol. The Morgan fingerprint density at radius 3 is 2.36 bits per heavy atom. The highest BCUT2D eigenvalue weighted by Gasteiger charge is 2.52. The Hall–Kier alpha value is -2.56. The first-order chi connectivity index (χ1) is 13.1. The second-order valence-corrected chi connectivity index (χ2v) is 8.52. The largest absolute Gasteiger partial charge is 0.466 e. The predicted octanol–water partition coefficient (Wildman–Crippen LogP) is 3.71. The molecule has 1 heterocycles. The molecule has 0 aliphatic heterocycles. The van der Waals surface area contributed by atoms with E-state index in [-0.39, 0.29) is 23.7 Å². The van der Waals surface area contributed by atoms with Crippen molar-refractivity contribution in [3.63, 3.8) is 0 Å². The summed E-state index contributed by atoms with van der Waals surface area (Å²) >= 11 is 0. The molecule has 2 N–H and O–H groups in total. The molecular formula is C23H30N2O3. The lowest BCUT2D eigenvalue weighted by Gasteiger charge is -2.27. The van der Waals surface area contributed by atoms with Crippen LogP contribution in [-0.4, -0.2) is 23.1 Å². The molecule has 5 heteroatoms. The van der Waals surface area contributed by atoms with Crippen molar-refractivity contribution >= 4 is 11.9 Å². The van der Waals surface area contributed by atoms with Crippen molar-refractivity contribution in [2.75, 3.05) is 6.61 Å². The molecule has 0 bridgehead atoms. The van der Waals surface area contributed by atoms with Gasteiger partial charge in [0.1, 0.15) is 0 Å². The number of hydrogen-bond donors (Lipinski definition) is 1. The lowest BCUT2D eigenvalue weighted by molar-refractivity contribution is -0.143.